The van der Waals surface area contributed by atoms with Gasteiger partial charge in [-0.25, -0.2) is 0 Å². The van der Waals surface area contributed by atoms with E-state index in [0.29, 0.717) is 17.3 Å². The van der Waals surface area contributed by atoms with Gasteiger partial charge in [0.15, 0.2) is 0 Å². The average molecular weight is 214 g/mol. The molecule has 0 radical (unpaired) electrons. The third-order valence-corrected chi connectivity index (χ3v) is 4.11. The molecular formula is C13H26O2. The minimum atomic E-state index is -0.155. The Morgan fingerprint density at radius 2 is 2.13 bits per heavy atom. The van der Waals surface area contributed by atoms with Crippen LogP contribution >= 0.6 is 0 Å². The van der Waals surface area contributed by atoms with E-state index in [0.717, 1.165) is 13.0 Å². The molecule has 0 aromatic heterocycles. The zero-order valence-electron chi connectivity index (χ0n) is 10.6. The normalized spacial score (nSPS) is 29.0. The molecule has 1 rings (SSSR count). The predicted molar refractivity (Wildman–Crippen MR) is 62.8 cm³/mol. The lowest BCUT2D eigenvalue weighted by Gasteiger charge is -2.34. The minimum Gasteiger partial charge on any atom is -0.393 e. The van der Waals surface area contributed by atoms with Gasteiger partial charge in [0, 0.05) is 13.7 Å². The second-order valence-corrected chi connectivity index (χ2v) is 5.74. The quantitative estimate of drug-likeness (QED) is 0.762. The number of hydrogen-bond acceptors (Lipinski definition) is 2. The Morgan fingerprint density at radius 1 is 1.47 bits per heavy atom. The van der Waals surface area contributed by atoms with E-state index in [1.54, 1.807) is 7.11 Å². The lowest BCUT2D eigenvalue weighted by Crippen LogP contribution is -2.34. The van der Waals surface area contributed by atoms with Gasteiger partial charge < -0.3 is 9.84 Å². The maximum absolute atomic E-state index is 10.3. The number of rotatable bonds is 5. The molecule has 1 fully saturated rings. The molecule has 0 saturated heterocycles. The summed E-state index contributed by atoms with van der Waals surface area (Å²) < 4.78 is 5.07. The van der Waals surface area contributed by atoms with Gasteiger partial charge in [-0.15, -0.1) is 0 Å². The largest absolute Gasteiger partial charge is 0.393 e. The molecule has 90 valence electrons. The molecule has 2 nitrogen and oxygen atoms in total. The van der Waals surface area contributed by atoms with E-state index in [2.05, 4.69) is 20.8 Å². The topological polar surface area (TPSA) is 29.5 Å². The van der Waals surface area contributed by atoms with Crippen LogP contribution in [0.15, 0.2) is 0 Å². The number of methoxy groups -OCH3 is 1. The van der Waals surface area contributed by atoms with Crippen LogP contribution < -0.4 is 0 Å². The van der Waals surface area contributed by atoms with Crippen molar-refractivity contribution in [1.82, 2.24) is 0 Å². The summed E-state index contributed by atoms with van der Waals surface area (Å²) in [6.45, 7) is 7.47. The molecule has 3 unspecified atom stereocenters. The van der Waals surface area contributed by atoms with Crippen LogP contribution in [0.2, 0.25) is 0 Å². The van der Waals surface area contributed by atoms with Crippen LogP contribution in [0.4, 0.5) is 0 Å². The molecule has 1 N–H and O–H groups in total. The Hall–Kier alpha value is -0.0800. The van der Waals surface area contributed by atoms with Crippen molar-refractivity contribution in [2.45, 2.75) is 52.6 Å². The van der Waals surface area contributed by atoms with Gasteiger partial charge in [-0.2, -0.15) is 0 Å². The highest BCUT2D eigenvalue weighted by Crippen LogP contribution is 2.45. The minimum absolute atomic E-state index is 0.155. The van der Waals surface area contributed by atoms with E-state index < -0.39 is 0 Å². The Labute approximate surface area is 94.0 Å². The van der Waals surface area contributed by atoms with Gasteiger partial charge in [0.25, 0.3) is 0 Å². The van der Waals surface area contributed by atoms with Crippen molar-refractivity contribution in [3.63, 3.8) is 0 Å². The first-order valence-electron chi connectivity index (χ1n) is 6.16. The van der Waals surface area contributed by atoms with Crippen molar-refractivity contribution >= 4 is 0 Å². The smallest absolute Gasteiger partial charge is 0.0599 e. The highest BCUT2D eigenvalue weighted by molar-refractivity contribution is 4.90. The fourth-order valence-electron chi connectivity index (χ4n) is 2.86. The molecule has 0 spiro atoms. The van der Waals surface area contributed by atoms with E-state index in [1.165, 1.54) is 19.3 Å². The second-order valence-electron chi connectivity index (χ2n) is 5.74. The molecule has 0 aromatic rings. The third kappa shape index (κ3) is 3.18. The molecule has 0 aliphatic heterocycles. The van der Waals surface area contributed by atoms with Crippen molar-refractivity contribution in [3.8, 4) is 0 Å². The standard InChI is InChI=1S/C13H26O2/c1-10(7-9-15-4)12(14)11-6-5-8-13(11,2)3/h10-12,14H,5-9H2,1-4H3. The molecule has 1 aliphatic rings. The van der Waals surface area contributed by atoms with Gasteiger partial charge in [0.05, 0.1) is 6.10 Å². The first kappa shape index (κ1) is 13.0. The Morgan fingerprint density at radius 3 is 2.60 bits per heavy atom. The number of hydrogen-bond donors (Lipinski definition) is 1. The van der Waals surface area contributed by atoms with Crippen LogP contribution in [-0.4, -0.2) is 24.9 Å². The molecule has 0 bridgehead atoms. The Bertz CT molecular complexity index is 189. The number of ether oxygens (including phenoxy) is 1. The van der Waals surface area contributed by atoms with Crippen LogP contribution in [0.1, 0.15) is 46.5 Å². The van der Waals surface area contributed by atoms with Crippen molar-refractivity contribution in [1.29, 1.82) is 0 Å². The van der Waals surface area contributed by atoms with E-state index in [1.807, 2.05) is 0 Å². The molecule has 3 atom stereocenters. The molecule has 2 heteroatoms. The van der Waals surface area contributed by atoms with Crippen molar-refractivity contribution in [2.75, 3.05) is 13.7 Å². The maximum Gasteiger partial charge on any atom is 0.0599 e. The predicted octanol–water partition coefficient (Wildman–Crippen LogP) is 2.85. The molecule has 0 heterocycles. The number of aliphatic hydroxyl groups excluding tert-OH is 1. The van der Waals surface area contributed by atoms with Crippen molar-refractivity contribution in [2.24, 2.45) is 17.3 Å². The molecule has 15 heavy (non-hydrogen) atoms. The van der Waals surface area contributed by atoms with E-state index >= 15 is 0 Å². The van der Waals surface area contributed by atoms with Crippen molar-refractivity contribution < 1.29 is 9.84 Å². The first-order chi connectivity index (χ1) is 6.99. The van der Waals surface area contributed by atoms with E-state index in [9.17, 15) is 5.11 Å². The van der Waals surface area contributed by atoms with Gasteiger partial charge in [-0.3, -0.25) is 0 Å². The Kier molecular flexibility index (Phi) is 4.60. The summed E-state index contributed by atoms with van der Waals surface area (Å²) in [6, 6.07) is 0. The lowest BCUT2D eigenvalue weighted by atomic mass is 9.75. The summed E-state index contributed by atoms with van der Waals surface area (Å²) in [6.07, 6.45) is 4.52. The summed E-state index contributed by atoms with van der Waals surface area (Å²) in [5, 5.41) is 10.3. The molecule has 0 amide bonds. The van der Waals surface area contributed by atoms with Crippen LogP contribution in [0, 0.1) is 17.3 Å². The average Bonchev–Trinajstić information content (AvgIpc) is 2.53. The van der Waals surface area contributed by atoms with Crippen LogP contribution in [-0.2, 0) is 4.74 Å². The molecule has 1 aliphatic carbocycles. The third-order valence-electron chi connectivity index (χ3n) is 4.11. The summed E-state index contributed by atoms with van der Waals surface area (Å²) in [5.74, 6) is 0.830. The highest BCUT2D eigenvalue weighted by Gasteiger charge is 2.40. The summed E-state index contributed by atoms with van der Waals surface area (Å²) in [5.41, 5.74) is 0.320. The fraction of sp³-hybridized carbons (Fsp3) is 1.00. The van der Waals surface area contributed by atoms with Gasteiger partial charge in [0.1, 0.15) is 0 Å². The van der Waals surface area contributed by atoms with Gasteiger partial charge in [-0.1, -0.05) is 27.2 Å². The molecular weight excluding hydrogens is 188 g/mol. The second kappa shape index (κ2) is 5.31. The van der Waals surface area contributed by atoms with Gasteiger partial charge >= 0.3 is 0 Å². The van der Waals surface area contributed by atoms with E-state index in [-0.39, 0.29) is 6.10 Å². The summed E-state index contributed by atoms with van der Waals surface area (Å²) in [7, 11) is 1.72. The number of aliphatic hydroxyl groups is 1. The lowest BCUT2D eigenvalue weighted by molar-refractivity contribution is 0.00455. The zero-order chi connectivity index (χ0) is 11.5. The highest BCUT2D eigenvalue weighted by atomic mass is 16.5. The maximum atomic E-state index is 10.3. The fourth-order valence-corrected chi connectivity index (χ4v) is 2.86. The van der Waals surface area contributed by atoms with Crippen molar-refractivity contribution in [3.05, 3.63) is 0 Å². The molecule has 1 saturated carbocycles. The molecule has 0 aromatic carbocycles. The monoisotopic (exact) mass is 214 g/mol. The Balaban J connectivity index is 2.48. The van der Waals surface area contributed by atoms with E-state index in [4.69, 9.17) is 4.74 Å². The summed E-state index contributed by atoms with van der Waals surface area (Å²) in [4.78, 5) is 0. The van der Waals surface area contributed by atoms with Crippen LogP contribution in [0.5, 0.6) is 0 Å². The van der Waals surface area contributed by atoms with Crippen LogP contribution in [0.3, 0.4) is 0 Å². The summed E-state index contributed by atoms with van der Waals surface area (Å²) >= 11 is 0. The van der Waals surface area contributed by atoms with Gasteiger partial charge in [0.2, 0.25) is 0 Å². The first-order valence-corrected chi connectivity index (χ1v) is 6.16. The van der Waals surface area contributed by atoms with Crippen LogP contribution in [0.25, 0.3) is 0 Å². The SMILES string of the molecule is COCCC(C)C(O)C1CCCC1(C)C. The van der Waals surface area contributed by atoms with Gasteiger partial charge in [-0.05, 0) is 36.5 Å². The zero-order valence-corrected chi connectivity index (χ0v) is 10.6.